The van der Waals surface area contributed by atoms with Gasteiger partial charge < -0.3 is 19.8 Å². The SMILES string of the molecule is COc1cc2c(cc1NC(=S)NCCCSC)oc1ccccc12. The summed E-state index contributed by atoms with van der Waals surface area (Å²) in [5.74, 6) is 1.85. The molecule has 24 heavy (non-hydrogen) atoms. The fourth-order valence-electron chi connectivity index (χ4n) is 2.60. The Bertz CT molecular complexity index is 861. The molecule has 0 spiro atoms. The van der Waals surface area contributed by atoms with Gasteiger partial charge in [0.2, 0.25) is 0 Å². The number of benzene rings is 2. The maximum atomic E-state index is 5.93. The second-order valence-electron chi connectivity index (χ2n) is 5.37. The Morgan fingerprint density at radius 1 is 1.21 bits per heavy atom. The first-order chi connectivity index (χ1) is 11.7. The molecule has 1 heterocycles. The van der Waals surface area contributed by atoms with Crippen molar-refractivity contribution in [3.8, 4) is 5.75 Å². The van der Waals surface area contributed by atoms with Crippen molar-refractivity contribution in [1.82, 2.24) is 5.32 Å². The Kier molecular flexibility index (Phi) is 5.48. The third-order valence-corrected chi connectivity index (χ3v) is 4.70. The van der Waals surface area contributed by atoms with E-state index in [0.717, 1.165) is 52.1 Å². The highest BCUT2D eigenvalue weighted by Crippen LogP contribution is 2.36. The van der Waals surface area contributed by atoms with E-state index in [1.54, 1.807) is 7.11 Å². The number of methoxy groups -OCH3 is 1. The van der Waals surface area contributed by atoms with Gasteiger partial charge in [-0.2, -0.15) is 11.8 Å². The molecule has 3 rings (SSSR count). The van der Waals surface area contributed by atoms with Crippen molar-refractivity contribution in [2.45, 2.75) is 6.42 Å². The number of ether oxygens (including phenoxy) is 1. The number of hydrogen-bond acceptors (Lipinski definition) is 4. The lowest BCUT2D eigenvalue weighted by Gasteiger charge is -2.13. The predicted molar refractivity (Wildman–Crippen MR) is 107 cm³/mol. The largest absolute Gasteiger partial charge is 0.495 e. The molecule has 2 N–H and O–H groups in total. The Morgan fingerprint density at radius 3 is 2.83 bits per heavy atom. The van der Waals surface area contributed by atoms with Crippen molar-refractivity contribution in [2.75, 3.05) is 31.0 Å². The number of anilines is 1. The van der Waals surface area contributed by atoms with E-state index in [9.17, 15) is 0 Å². The lowest BCUT2D eigenvalue weighted by atomic mass is 10.1. The Balaban J connectivity index is 1.84. The number of para-hydroxylation sites is 1. The average Bonchev–Trinajstić information content (AvgIpc) is 2.95. The van der Waals surface area contributed by atoms with Gasteiger partial charge in [-0.15, -0.1) is 0 Å². The summed E-state index contributed by atoms with van der Waals surface area (Å²) in [6.07, 6.45) is 3.17. The zero-order valence-corrected chi connectivity index (χ0v) is 15.4. The zero-order chi connectivity index (χ0) is 16.9. The van der Waals surface area contributed by atoms with Crippen molar-refractivity contribution in [2.24, 2.45) is 0 Å². The van der Waals surface area contributed by atoms with Crippen LogP contribution in [0.4, 0.5) is 5.69 Å². The van der Waals surface area contributed by atoms with Crippen LogP contribution in [-0.2, 0) is 0 Å². The van der Waals surface area contributed by atoms with E-state index in [4.69, 9.17) is 21.4 Å². The van der Waals surface area contributed by atoms with E-state index in [2.05, 4.69) is 16.9 Å². The maximum Gasteiger partial charge on any atom is 0.170 e. The lowest BCUT2D eigenvalue weighted by Crippen LogP contribution is -2.29. The molecule has 0 atom stereocenters. The van der Waals surface area contributed by atoms with Crippen molar-refractivity contribution >= 4 is 56.7 Å². The molecule has 3 aromatic rings. The van der Waals surface area contributed by atoms with Crippen LogP contribution in [0.5, 0.6) is 5.75 Å². The molecule has 0 aliphatic rings. The molecule has 2 aromatic carbocycles. The summed E-state index contributed by atoms with van der Waals surface area (Å²) in [4.78, 5) is 0. The fraction of sp³-hybridized carbons (Fsp3) is 0.278. The van der Waals surface area contributed by atoms with Crippen LogP contribution in [-0.4, -0.2) is 30.8 Å². The third-order valence-electron chi connectivity index (χ3n) is 3.76. The normalized spacial score (nSPS) is 10.9. The molecule has 126 valence electrons. The average molecular weight is 361 g/mol. The summed E-state index contributed by atoms with van der Waals surface area (Å²) in [5, 5.41) is 9.12. The Morgan fingerprint density at radius 2 is 2.04 bits per heavy atom. The number of rotatable bonds is 6. The number of nitrogens with one attached hydrogen (secondary N) is 2. The highest BCUT2D eigenvalue weighted by Gasteiger charge is 2.12. The molecule has 0 radical (unpaired) electrons. The summed E-state index contributed by atoms with van der Waals surface area (Å²) >= 11 is 7.20. The summed E-state index contributed by atoms with van der Waals surface area (Å²) in [6.45, 7) is 0.849. The van der Waals surface area contributed by atoms with Crippen LogP contribution in [0.2, 0.25) is 0 Å². The van der Waals surface area contributed by atoms with Gasteiger partial charge in [0.25, 0.3) is 0 Å². The number of fused-ring (bicyclic) bond motifs is 3. The number of furan rings is 1. The highest BCUT2D eigenvalue weighted by molar-refractivity contribution is 7.98. The first kappa shape index (κ1) is 16.9. The standard InChI is InChI=1S/C18H20N2O2S2/c1-21-17-10-13-12-6-3-4-7-15(12)22-16(13)11-14(17)20-18(23)19-8-5-9-24-2/h3-4,6-7,10-11H,5,8-9H2,1-2H3,(H2,19,20,23). The topological polar surface area (TPSA) is 46.4 Å². The predicted octanol–water partition coefficient (Wildman–Crippen LogP) is 4.63. The van der Waals surface area contributed by atoms with Gasteiger partial charge in [-0.05, 0) is 42.8 Å². The summed E-state index contributed by atoms with van der Waals surface area (Å²) in [5.41, 5.74) is 2.47. The van der Waals surface area contributed by atoms with Crippen molar-refractivity contribution in [3.05, 3.63) is 36.4 Å². The Hall–Kier alpha value is -1.92. The summed E-state index contributed by atoms with van der Waals surface area (Å²) in [6, 6.07) is 11.9. The second-order valence-corrected chi connectivity index (χ2v) is 6.77. The molecule has 0 amide bonds. The lowest BCUT2D eigenvalue weighted by molar-refractivity contribution is 0.417. The molecule has 1 aromatic heterocycles. The van der Waals surface area contributed by atoms with Gasteiger partial charge in [-0.3, -0.25) is 0 Å². The van der Waals surface area contributed by atoms with E-state index in [1.165, 1.54) is 0 Å². The maximum absolute atomic E-state index is 5.93. The van der Waals surface area contributed by atoms with E-state index in [0.29, 0.717) is 5.11 Å². The fourth-order valence-corrected chi connectivity index (χ4v) is 3.25. The van der Waals surface area contributed by atoms with Crippen LogP contribution in [0.25, 0.3) is 21.9 Å². The minimum Gasteiger partial charge on any atom is -0.495 e. The van der Waals surface area contributed by atoms with Gasteiger partial charge in [0.1, 0.15) is 16.9 Å². The second kappa shape index (κ2) is 7.77. The first-order valence-electron chi connectivity index (χ1n) is 7.76. The minimum absolute atomic E-state index is 0.588. The molecule has 0 aliphatic carbocycles. The molecule has 0 saturated heterocycles. The van der Waals surface area contributed by atoms with Gasteiger partial charge in [0, 0.05) is 23.4 Å². The van der Waals surface area contributed by atoms with E-state index >= 15 is 0 Å². The number of thiocarbonyl (C=S) groups is 1. The number of thioether (sulfide) groups is 1. The first-order valence-corrected chi connectivity index (χ1v) is 9.56. The molecule has 0 saturated carbocycles. The summed E-state index contributed by atoms with van der Waals surface area (Å²) in [7, 11) is 1.66. The summed E-state index contributed by atoms with van der Waals surface area (Å²) < 4.78 is 11.4. The molecular weight excluding hydrogens is 340 g/mol. The Labute approximate surface area is 150 Å². The monoisotopic (exact) mass is 360 g/mol. The van der Waals surface area contributed by atoms with Gasteiger partial charge >= 0.3 is 0 Å². The molecule has 0 fully saturated rings. The van der Waals surface area contributed by atoms with Crippen molar-refractivity contribution in [3.63, 3.8) is 0 Å². The van der Waals surface area contributed by atoms with Crippen LogP contribution >= 0.6 is 24.0 Å². The van der Waals surface area contributed by atoms with Gasteiger partial charge in [0.05, 0.1) is 12.8 Å². The van der Waals surface area contributed by atoms with Crippen molar-refractivity contribution < 1.29 is 9.15 Å². The number of hydrogen-bond donors (Lipinski definition) is 2. The van der Waals surface area contributed by atoms with Crippen LogP contribution in [0.3, 0.4) is 0 Å². The van der Waals surface area contributed by atoms with E-state index < -0.39 is 0 Å². The highest BCUT2D eigenvalue weighted by atomic mass is 32.2. The molecular formula is C18H20N2O2S2. The zero-order valence-electron chi connectivity index (χ0n) is 13.7. The smallest absolute Gasteiger partial charge is 0.170 e. The van der Waals surface area contributed by atoms with Crippen LogP contribution in [0, 0.1) is 0 Å². The molecule has 0 unspecified atom stereocenters. The minimum atomic E-state index is 0.588. The molecule has 0 bridgehead atoms. The van der Waals surface area contributed by atoms with Crippen LogP contribution in [0.15, 0.2) is 40.8 Å². The van der Waals surface area contributed by atoms with Gasteiger partial charge in [-0.25, -0.2) is 0 Å². The van der Waals surface area contributed by atoms with E-state index in [-0.39, 0.29) is 0 Å². The van der Waals surface area contributed by atoms with Gasteiger partial charge in [-0.1, -0.05) is 18.2 Å². The van der Waals surface area contributed by atoms with Gasteiger partial charge in [0.15, 0.2) is 5.11 Å². The van der Waals surface area contributed by atoms with Crippen LogP contribution < -0.4 is 15.4 Å². The molecule has 0 aliphatic heterocycles. The molecule has 6 heteroatoms. The third kappa shape index (κ3) is 3.60. The quantitative estimate of drug-likeness (QED) is 0.493. The van der Waals surface area contributed by atoms with E-state index in [1.807, 2.05) is 48.2 Å². The van der Waals surface area contributed by atoms with Crippen molar-refractivity contribution in [1.29, 1.82) is 0 Å². The van der Waals surface area contributed by atoms with Crippen LogP contribution in [0.1, 0.15) is 6.42 Å². The molecule has 4 nitrogen and oxygen atoms in total.